The molecule has 148 valence electrons. The van der Waals surface area contributed by atoms with Crippen molar-refractivity contribution >= 4 is 15.9 Å². The molecule has 1 aliphatic carbocycles. The predicted molar refractivity (Wildman–Crippen MR) is 109 cm³/mol. The molecule has 0 radical (unpaired) electrons. The average Bonchev–Trinajstić information content (AvgIpc) is 2.72. The van der Waals surface area contributed by atoms with Crippen LogP contribution in [0.4, 0.5) is 0 Å². The van der Waals surface area contributed by atoms with Gasteiger partial charge in [0, 0.05) is 23.7 Å². The van der Waals surface area contributed by atoms with E-state index in [0.717, 1.165) is 42.4 Å². The van der Waals surface area contributed by atoms with Gasteiger partial charge in [0.1, 0.15) is 5.75 Å². The fourth-order valence-electron chi connectivity index (χ4n) is 3.23. The first-order chi connectivity index (χ1) is 13.4. The Bertz CT molecular complexity index is 996. The zero-order valence-electron chi connectivity index (χ0n) is 15.8. The third-order valence-corrected chi connectivity index (χ3v) is 6.24. The second-order valence-electron chi connectivity index (χ2n) is 6.74. The van der Waals surface area contributed by atoms with Crippen LogP contribution in [-0.4, -0.2) is 28.0 Å². The number of carbonyl (C=O) groups excluding carboxylic acids is 1. The molecule has 0 atom stereocenters. The predicted octanol–water partition coefficient (Wildman–Crippen LogP) is 3.24. The lowest BCUT2D eigenvalue weighted by Crippen LogP contribution is -2.26. The minimum Gasteiger partial charge on any atom is -0.496 e. The lowest BCUT2D eigenvalue weighted by atomic mass is 10.0. The third kappa shape index (κ3) is 4.61. The number of carbonyl (C=O) groups is 1. The van der Waals surface area contributed by atoms with Crippen molar-refractivity contribution in [3.05, 3.63) is 59.7 Å². The number of rotatable bonds is 7. The largest absolute Gasteiger partial charge is 0.496 e. The standard InChI is InChI=1S/C21H24N2O4S/c1-27-20-13-18(28(25,26)23-14-15-5-3-2-4-6-15)11-12-19(20)16-7-9-17(10-8-16)21(22)24/h5,7-13,23H,2-4,6,14H2,1H3,(H2,22,24). The van der Waals surface area contributed by atoms with Crippen LogP contribution in [0.2, 0.25) is 0 Å². The zero-order valence-corrected chi connectivity index (χ0v) is 16.6. The molecule has 1 aliphatic rings. The molecule has 28 heavy (non-hydrogen) atoms. The quantitative estimate of drug-likeness (QED) is 0.697. The number of benzene rings is 2. The second kappa shape index (κ2) is 8.58. The van der Waals surface area contributed by atoms with Crippen molar-refractivity contribution in [1.29, 1.82) is 0 Å². The van der Waals surface area contributed by atoms with Crippen molar-refractivity contribution in [2.24, 2.45) is 5.73 Å². The molecule has 1 amide bonds. The monoisotopic (exact) mass is 400 g/mol. The van der Waals surface area contributed by atoms with Gasteiger partial charge in [-0.3, -0.25) is 4.79 Å². The molecule has 7 heteroatoms. The molecule has 0 saturated carbocycles. The molecular weight excluding hydrogens is 376 g/mol. The molecule has 2 aromatic rings. The molecule has 6 nitrogen and oxygen atoms in total. The number of allylic oxidation sites excluding steroid dienone is 1. The van der Waals surface area contributed by atoms with Gasteiger partial charge in [0.05, 0.1) is 12.0 Å². The summed E-state index contributed by atoms with van der Waals surface area (Å²) in [4.78, 5) is 11.4. The van der Waals surface area contributed by atoms with E-state index in [9.17, 15) is 13.2 Å². The maximum atomic E-state index is 12.7. The SMILES string of the molecule is COc1cc(S(=O)(=O)NCC2=CCCCC2)ccc1-c1ccc(C(N)=O)cc1. The summed E-state index contributed by atoms with van der Waals surface area (Å²) >= 11 is 0. The number of amides is 1. The van der Waals surface area contributed by atoms with Crippen molar-refractivity contribution in [1.82, 2.24) is 4.72 Å². The van der Waals surface area contributed by atoms with E-state index >= 15 is 0 Å². The van der Waals surface area contributed by atoms with Crippen LogP contribution in [0, 0.1) is 0 Å². The van der Waals surface area contributed by atoms with E-state index in [1.165, 1.54) is 13.2 Å². The summed E-state index contributed by atoms with van der Waals surface area (Å²) in [5, 5.41) is 0. The topological polar surface area (TPSA) is 98.5 Å². The highest BCUT2D eigenvalue weighted by Crippen LogP contribution is 2.32. The van der Waals surface area contributed by atoms with Crippen LogP contribution in [0.25, 0.3) is 11.1 Å². The van der Waals surface area contributed by atoms with Crippen LogP contribution in [0.15, 0.2) is 59.0 Å². The van der Waals surface area contributed by atoms with E-state index < -0.39 is 15.9 Å². The summed E-state index contributed by atoms with van der Waals surface area (Å²) in [5.74, 6) is -0.0642. The van der Waals surface area contributed by atoms with E-state index in [0.29, 0.717) is 17.9 Å². The van der Waals surface area contributed by atoms with Crippen molar-refractivity contribution in [2.45, 2.75) is 30.6 Å². The van der Waals surface area contributed by atoms with Gasteiger partial charge >= 0.3 is 0 Å². The highest BCUT2D eigenvalue weighted by molar-refractivity contribution is 7.89. The van der Waals surface area contributed by atoms with Crippen molar-refractivity contribution in [3.8, 4) is 16.9 Å². The molecule has 0 aliphatic heterocycles. The average molecular weight is 401 g/mol. The summed E-state index contributed by atoms with van der Waals surface area (Å²) in [7, 11) is -2.15. The van der Waals surface area contributed by atoms with E-state index in [1.54, 1.807) is 36.4 Å². The molecule has 0 bridgehead atoms. The number of hydrogen-bond acceptors (Lipinski definition) is 4. The normalized spacial score (nSPS) is 14.4. The molecule has 2 aromatic carbocycles. The van der Waals surface area contributed by atoms with E-state index in [-0.39, 0.29) is 4.90 Å². The maximum Gasteiger partial charge on any atom is 0.248 e. The Labute approximate surface area is 165 Å². The number of nitrogens with two attached hydrogens (primary N) is 1. The summed E-state index contributed by atoms with van der Waals surface area (Å²) in [5.41, 5.74) is 8.33. The summed E-state index contributed by atoms with van der Waals surface area (Å²) < 4.78 is 33.4. The number of sulfonamides is 1. The first kappa shape index (κ1) is 20.1. The summed E-state index contributed by atoms with van der Waals surface area (Å²) in [6.07, 6.45) is 6.33. The lowest BCUT2D eigenvalue weighted by molar-refractivity contribution is 0.100. The first-order valence-electron chi connectivity index (χ1n) is 9.16. The number of nitrogens with one attached hydrogen (secondary N) is 1. The molecule has 0 spiro atoms. The van der Waals surface area contributed by atoms with Crippen LogP contribution in [-0.2, 0) is 10.0 Å². The van der Waals surface area contributed by atoms with Gasteiger partial charge in [-0.25, -0.2) is 13.1 Å². The Hall–Kier alpha value is -2.64. The molecule has 3 rings (SSSR count). The lowest BCUT2D eigenvalue weighted by Gasteiger charge is -2.15. The fraction of sp³-hybridized carbons (Fsp3) is 0.286. The van der Waals surface area contributed by atoms with Gasteiger partial charge in [0.15, 0.2) is 0 Å². The van der Waals surface area contributed by atoms with Gasteiger partial charge in [0.25, 0.3) is 0 Å². The number of hydrogen-bond donors (Lipinski definition) is 2. The molecule has 0 fully saturated rings. The second-order valence-corrected chi connectivity index (χ2v) is 8.50. The van der Waals surface area contributed by atoms with Crippen molar-refractivity contribution in [3.63, 3.8) is 0 Å². The van der Waals surface area contributed by atoms with Crippen LogP contribution < -0.4 is 15.2 Å². The number of methoxy groups -OCH3 is 1. The van der Waals surface area contributed by atoms with E-state index in [4.69, 9.17) is 10.5 Å². The van der Waals surface area contributed by atoms with Gasteiger partial charge in [-0.05, 0) is 55.5 Å². The van der Waals surface area contributed by atoms with E-state index in [1.807, 2.05) is 0 Å². The van der Waals surface area contributed by atoms with Crippen molar-refractivity contribution in [2.75, 3.05) is 13.7 Å². The summed E-state index contributed by atoms with van der Waals surface area (Å²) in [6.45, 7) is 0.334. The summed E-state index contributed by atoms with van der Waals surface area (Å²) in [6, 6.07) is 11.5. The first-order valence-corrected chi connectivity index (χ1v) is 10.6. The van der Waals surface area contributed by atoms with Crippen molar-refractivity contribution < 1.29 is 17.9 Å². The Morgan fingerprint density at radius 3 is 2.50 bits per heavy atom. The van der Waals surface area contributed by atoms with Crippen LogP contribution in [0.1, 0.15) is 36.0 Å². The van der Waals surface area contributed by atoms with Gasteiger partial charge in [-0.2, -0.15) is 0 Å². The van der Waals surface area contributed by atoms with Gasteiger partial charge in [-0.15, -0.1) is 0 Å². The van der Waals surface area contributed by atoms with Crippen LogP contribution in [0.3, 0.4) is 0 Å². The number of ether oxygens (including phenoxy) is 1. The Kier molecular flexibility index (Phi) is 6.16. The van der Waals surface area contributed by atoms with Crippen LogP contribution in [0.5, 0.6) is 5.75 Å². The molecule has 0 saturated heterocycles. The Morgan fingerprint density at radius 2 is 1.89 bits per heavy atom. The third-order valence-electron chi connectivity index (χ3n) is 4.84. The Balaban J connectivity index is 1.83. The minimum atomic E-state index is -3.64. The number of primary amides is 1. The van der Waals surface area contributed by atoms with Gasteiger partial charge in [0.2, 0.25) is 15.9 Å². The fourth-order valence-corrected chi connectivity index (χ4v) is 4.28. The highest BCUT2D eigenvalue weighted by Gasteiger charge is 2.18. The highest BCUT2D eigenvalue weighted by atomic mass is 32.2. The Morgan fingerprint density at radius 1 is 1.14 bits per heavy atom. The molecule has 0 heterocycles. The van der Waals surface area contributed by atoms with Crippen LogP contribution >= 0.6 is 0 Å². The molecular formula is C21H24N2O4S. The molecule has 3 N–H and O–H groups in total. The molecule has 0 unspecified atom stereocenters. The maximum absolute atomic E-state index is 12.7. The molecule has 0 aromatic heterocycles. The zero-order chi connectivity index (χ0) is 20.1. The smallest absolute Gasteiger partial charge is 0.248 e. The van der Waals surface area contributed by atoms with Gasteiger partial charge in [-0.1, -0.05) is 23.8 Å². The van der Waals surface area contributed by atoms with Gasteiger partial charge < -0.3 is 10.5 Å². The minimum absolute atomic E-state index is 0.151. The van der Waals surface area contributed by atoms with E-state index in [2.05, 4.69) is 10.8 Å².